The Labute approximate surface area is 263 Å². The van der Waals surface area contributed by atoms with E-state index in [2.05, 4.69) is 28.1 Å². The van der Waals surface area contributed by atoms with Crippen LogP contribution in [0.15, 0.2) is 127 Å². The van der Waals surface area contributed by atoms with Gasteiger partial charge in [-0.1, -0.05) is 91.0 Å². The van der Waals surface area contributed by atoms with Gasteiger partial charge in [0.05, 0.1) is 30.5 Å². The minimum Gasteiger partial charge on any atom is -0.492 e. The van der Waals surface area contributed by atoms with Crippen molar-refractivity contribution in [3.63, 3.8) is 0 Å². The van der Waals surface area contributed by atoms with E-state index in [1.807, 2.05) is 84.9 Å². The van der Waals surface area contributed by atoms with Crippen molar-refractivity contribution >= 4 is 43.3 Å². The summed E-state index contributed by atoms with van der Waals surface area (Å²) in [4.78, 5) is 19.2. The molecule has 0 atom stereocenters. The second-order valence-corrected chi connectivity index (χ2v) is 13.1. The van der Waals surface area contributed by atoms with Gasteiger partial charge in [0.1, 0.15) is 12.4 Å². The van der Waals surface area contributed by atoms with Crippen molar-refractivity contribution in [1.29, 1.82) is 0 Å². The number of hydrogen-bond acceptors (Lipinski definition) is 5. The summed E-state index contributed by atoms with van der Waals surface area (Å²) in [6.07, 6.45) is 1.18. The minimum absolute atomic E-state index is 0.0968. The Morgan fingerprint density at radius 2 is 1.38 bits per heavy atom. The first-order valence-electron chi connectivity index (χ1n) is 14.9. The van der Waals surface area contributed by atoms with Gasteiger partial charge >= 0.3 is 0 Å². The fraction of sp³-hybridized carbons (Fsp3) is 0.162. The maximum absolute atomic E-state index is 13.6. The number of ether oxygens (including phenoxy) is 1. The van der Waals surface area contributed by atoms with Crippen molar-refractivity contribution in [2.75, 3.05) is 30.3 Å². The summed E-state index contributed by atoms with van der Waals surface area (Å²) in [6, 6.07) is 40.5. The molecule has 45 heavy (non-hydrogen) atoms. The third-order valence-electron chi connectivity index (χ3n) is 7.80. The van der Waals surface area contributed by atoms with E-state index in [1.165, 1.54) is 15.9 Å². The highest BCUT2D eigenvalue weighted by atomic mass is 32.2. The van der Waals surface area contributed by atoms with E-state index in [4.69, 9.17) is 4.74 Å². The molecule has 6 rings (SSSR count). The van der Waals surface area contributed by atoms with Gasteiger partial charge in [-0.25, -0.2) is 8.42 Å². The van der Waals surface area contributed by atoms with Crippen LogP contribution < -0.4 is 9.04 Å². The van der Waals surface area contributed by atoms with E-state index in [1.54, 1.807) is 24.3 Å². The molecule has 0 spiro atoms. The van der Waals surface area contributed by atoms with Crippen LogP contribution in [-0.4, -0.2) is 50.0 Å². The highest BCUT2D eigenvalue weighted by molar-refractivity contribution is 7.92. The first-order valence-corrected chi connectivity index (χ1v) is 16.7. The number of fused-ring (bicyclic) bond motifs is 3. The lowest BCUT2D eigenvalue weighted by molar-refractivity contribution is 0.0912. The molecule has 1 aromatic heterocycles. The van der Waals surface area contributed by atoms with E-state index in [0.29, 0.717) is 30.9 Å². The Kier molecular flexibility index (Phi) is 8.96. The number of Topliss-reactive ketones (excluding diaryl/α,β-unsaturated/α-hetero) is 1. The van der Waals surface area contributed by atoms with Gasteiger partial charge in [0.25, 0.3) is 0 Å². The first-order chi connectivity index (χ1) is 21.8. The molecule has 0 amide bonds. The average molecular weight is 618 g/mol. The van der Waals surface area contributed by atoms with E-state index in [0.717, 1.165) is 33.3 Å². The van der Waals surface area contributed by atoms with Gasteiger partial charge in [-0.15, -0.1) is 0 Å². The molecule has 0 aliphatic carbocycles. The zero-order chi connectivity index (χ0) is 31.2. The van der Waals surface area contributed by atoms with Crippen LogP contribution in [0.3, 0.4) is 0 Å². The quantitative estimate of drug-likeness (QED) is 0.141. The van der Waals surface area contributed by atoms with Crippen LogP contribution in [0.2, 0.25) is 0 Å². The molecule has 1 heterocycles. The molecule has 7 nitrogen and oxygen atoms in total. The first kappa shape index (κ1) is 30.1. The zero-order valence-corrected chi connectivity index (χ0v) is 25.9. The lowest BCUT2D eigenvalue weighted by atomic mass is 10.1. The molecule has 1 N–H and O–H groups in total. The molecule has 0 radical (unpaired) electrons. The molecule has 0 bridgehead atoms. The number of nitrogens with zero attached hydrogens (tertiary/aromatic N) is 2. The molecule has 8 heteroatoms. The van der Waals surface area contributed by atoms with Crippen LogP contribution in [0.4, 0.5) is 5.69 Å². The smallest absolute Gasteiger partial charge is 0.232 e. The van der Waals surface area contributed by atoms with E-state index in [-0.39, 0.29) is 18.9 Å². The molecule has 5 aromatic carbocycles. The number of aromatic nitrogens is 1. The van der Waals surface area contributed by atoms with Gasteiger partial charge in [0.15, 0.2) is 5.78 Å². The molecule has 0 saturated carbocycles. The monoisotopic (exact) mass is 617 g/mol. The fourth-order valence-corrected chi connectivity index (χ4v) is 6.43. The van der Waals surface area contributed by atoms with Crippen molar-refractivity contribution in [3.05, 3.63) is 144 Å². The molecular weight excluding hydrogens is 582 g/mol. The summed E-state index contributed by atoms with van der Waals surface area (Å²) in [5, 5.41) is 2.32. The van der Waals surface area contributed by atoms with Gasteiger partial charge in [0, 0.05) is 41.0 Å². The average Bonchev–Trinajstić information content (AvgIpc) is 3.42. The number of para-hydroxylation sites is 1. The van der Waals surface area contributed by atoms with E-state index in [9.17, 15) is 13.2 Å². The highest BCUT2D eigenvalue weighted by Gasteiger charge is 2.20. The van der Waals surface area contributed by atoms with Crippen LogP contribution in [0, 0.1) is 0 Å². The highest BCUT2D eigenvalue weighted by Crippen LogP contribution is 2.28. The third kappa shape index (κ3) is 7.42. The number of carbonyl (C=O) groups excluding carboxylic acids is 1. The number of anilines is 1. The maximum atomic E-state index is 13.6. The summed E-state index contributed by atoms with van der Waals surface area (Å²) in [6.45, 7) is 1.82. The molecular formula is C37H35N3O4S. The van der Waals surface area contributed by atoms with Crippen LogP contribution in [0.5, 0.6) is 5.75 Å². The Morgan fingerprint density at radius 1 is 0.711 bits per heavy atom. The lowest BCUT2D eigenvalue weighted by Gasteiger charge is -2.24. The van der Waals surface area contributed by atoms with Crippen molar-refractivity contribution in [1.82, 2.24) is 9.88 Å². The molecule has 0 saturated heterocycles. The second-order valence-electron chi connectivity index (χ2n) is 11.2. The Balaban J connectivity index is 1.17. The summed E-state index contributed by atoms with van der Waals surface area (Å²) >= 11 is 0. The SMILES string of the molecule is CS(=O)(=O)N(Cc1ccccc1)c1cccc(C(=O)CN(CCOc2ccc3c(c2)[nH]c2ccccc23)Cc2ccccc2)c1. The van der Waals surface area contributed by atoms with Gasteiger partial charge in [0.2, 0.25) is 10.0 Å². The number of benzene rings is 5. The molecule has 0 fully saturated rings. The number of H-pyrrole nitrogens is 1. The summed E-state index contributed by atoms with van der Waals surface area (Å²) in [7, 11) is -3.59. The topological polar surface area (TPSA) is 82.7 Å². The summed E-state index contributed by atoms with van der Waals surface area (Å²) < 4.78 is 33.0. The van der Waals surface area contributed by atoms with Crippen LogP contribution in [-0.2, 0) is 23.1 Å². The van der Waals surface area contributed by atoms with E-state index >= 15 is 0 Å². The molecule has 6 aromatic rings. The van der Waals surface area contributed by atoms with Crippen LogP contribution >= 0.6 is 0 Å². The largest absolute Gasteiger partial charge is 0.492 e. The number of hydrogen-bond donors (Lipinski definition) is 1. The molecule has 0 aliphatic rings. The van der Waals surface area contributed by atoms with Crippen molar-refractivity contribution in [2.24, 2.45) is 0 Å². The Morgan fingerprint density at radius 3 is 2.11 bits per heavy atom. The number of carbonyl (C=O) groups is 1. The normalized spacial score (nSPS) is 11.7. The van der Waals surface area contributed by atoms with E-state index < -0.39 is 10.0 Å². The van der Waals surface area contributed by atoms with Crippen molar-refractivity contribution in [2.45, 2.75) is 13.1 Å². The maximum Gasteiger partial charge on any atom is 0.232 e. The Hall–Kier alpha value is -4.92. The predicted octanol–water partition coefficient (Wildman–Crippen LogP) is 7.05. The summed E-state index contributed by atoms with van der Waals surface area (Å²) in [5.74, 6) is 0.660. The van der Waals surface area contributed by atoms with Gasteiger partial charge in [-0.2, -0.15) is 0 Å². The molecule has 0 unspecified atom stereocenters. The van der Waals surface area contributed by atoms with Crippen molar-refractivity contribution in [3.8, 4) is 5.75 Å². The molecule has 0 aliphatic heterocycles. The number of sulfonamides is 1. The standard InChI is InChI=1S/C37H35N3O4S/c1-45(42,43)40(26-29-13-6-3-7-14-29)31-16-10-15-30(23-31)37(41)27-39(25-28-11-4-2-5-12-28)21-22-44-32-19-20-34-33-17-8-9-18-35(33)38-36(34)24-32/h2-20,23-24,38H,21-22,25-27H2,1H3. The van der Waals surface area contributed by atoms with Crippen LogP contribution in [0.1, 0.15) is 21.5 Å². The second kappa shape index (κ2) is 13.4. The fourth-order valence-electron chi connectivity index (χ4n) is 5.55. The third-order valence-corrected chi connectivity index (χ3v) is 8.94. The van der Waals surface area contributed by atoms with Gasteiger partial charge < -0.3 is 9.72 Å². The number of nitrogens with one attached hydrogen (secondary N) is 1. The summed E-state index contributed by atoms with van der Waals surface area (Å²) in [5.41, 5.74) is 4.96. The van der Waals surface area contributed by atoms with Crippen LogP contribution in [0.25, 0.3) is 21.8 Å². The lowest BCUT2D eigenvalue weighted by Crippen LogP contribution is -2.33. The molecule has 228 valence electrons. The van der Waals surface area contributed by atoms with Gasteiger partial charge in [-0.3, -0.25) is 14.0 Å². The predicted molar refractivity (Wildman–Crippen MR) is 181 cm³/mol. The zero-order valence-electron chi connectivity index (χ0n) is 25.1. The van der Waals surface area contributed by atoms with Crippen molar-refractivity contribution < 1.29 is 17.9 Å². The number of rotatable bonds is 13. The minimum atomic E-state index is -3.59. The number of aromatic amines is 1. The number of ketones is 1. The Bertz CT molecular complexity index is 2030. The van der Waals surface area contributed by atoms with Gasteiger partial charge in [-0.05, 0) is 41.5 Å².